The number of carbonyl (C=O) groups is 1. The van der Waals surface area contributed by atoms with E-state index in [0.717, 1.165) is 54.5 Å². The maximum atomic E-state index is 11.7. The Balaban J connectivity index is 1.64. The highest BCUT2D eigenvalue weighted by molar-refractivity contribution is 7.92. The summed E-state index contributed by atoms with van der Waals surface area (Å²) in [6.07, 6.45) is 5.91. The van der Waals surface area contributed by atoms with Crippen molar-refractivity contribution in [2.45, 2.75) is 25.8 Å². The molecule has 0 unspecified atom stereocenters. The fourth-order valence-electron chi connectivity index (χ4n) is 3.93. The molecule has 0 bridgehead atoms. The number of methoxy groups -OCH3 is 1. The van der Waals surface area contributed by atoms with E-state index < -0.39 is 10.0 Å². The average molecular weight is 471 g/mol. The molecule has 3 aromatic rings. The number of anilines is 2. The molecule has 0 spiro atoms. The van der Waals surface area contributed by atoms with Gasteiger partial charge >= 0.3 is 0 Å². The van der Waals surface area contributed by atoms with Crippen LogP contribution in [0.25, 0.3) is 22.0 Å². The molecular weight excluding hydrogens is 444 g/mol. The molecule has 3 heterocycles. The van der Waals surface area contributed by atoms with Crippen LogP contribution in [0.1, 0.15) is 19.8 Å². The average Bonchev–Trinajstić information content (AvgIpc) is 2.78. The van der Waals surface area contributed by atoms with E-state index in [4.69, 9.17) is 4.74 Å². The highest BCUT2D eigenvalue weighted by atomic mass is 32.2. The lowest BCUT2D eigenvalue weighted by Gasteiger charge is -2.32. The Labute approximate surface area is 192 Å². The van der Waals surface area contributed by atoms with Crippen molar-refractivity contribution in [3.05, 3.63) is 36.8 Å². The molecule has 0 aliphatic carbocycles. The summed E-state index contributed by atoms with van der Waals surface area (Å²) < 4.78 is 31.1. The SMILES string of the molecule is COc1ncc(-c2ccc3ncnc(NC4CCN(C(C)=O)CC4)c3c2)cc1NS(C)(=O)=O. The zero-order chi connectivity index (χ0) is 23.6. The van der Waals surface area contributed by atoms with E-state index >= 15 is 0 Å². The number of rotatable bonds is 6. The van der Waals surface area contributed by atoms with Crippen molar-refractivity contribution in [3.8, 4) is 17.0 Å². The number of piperidine rings is 1. The number of nitrogens with one attached hydrogen (secondary N) is 2. The minimum Gasteiger partial charge on any atom is -0.480 e. The smallest absolute Gasteiger partial charge is 0.238 e. The number of aromatic nitrogens is 3. The Morgan fingerprint density at radius 2 is 1.88 bits per heavy atom. The standard InChI is InChI=1S/C22H26N6O4S/c1-14(29)28-8-6-17(7-9-28)26-21-18-10-15(4-5-19(18)24-13-25-21)16-11-20(27-33(3,30)31)22(32-2)23-12-16/h4-5,10-13,17,27H,6-9H2,1-3H3,(H,24,25,26). The van der Waals surface area contributed by atoms with E-state index in [-0.39, 0.29) is 23.5 Å². The van der Waals surface area contributed by atoms with E-state index in [1.54, 1.807) is 19.2 Å². The van der Waals surface area contributed by atoms with E-state index in [2.05, 4.69) is 25.0 Å². The number of carbonyl (C=O) groups excluding carboxylic acids is 1. The Morgan fingerprint density at radius 3 is 2.55 bits per heavy atom. The normalized spacial score (nSPS) is 14.8. The molecule has 33 heavy (non-hydrogen) atoms. The summed E-state index contributed by atoms with van der Waals surface area (Å²) in [5, 5.41) is 4.35. The lowest BCUT2D eigenvalue weighted by atomic mass is 10.0. The number of hydrogen-bond acceptors (Lipinski definition) is 8. The molecule has 0 atom stereocenters. The van der Waals surface area contributed by atoms with E-state index in [0.29, 0.717) is 5.56 Å². The number of sulfonamides is 1. The topological polar surface area (TPSA) is 126 Å². The maximum absolute atomic E-state index is 11.7. The monoisotopic (exact) mass is 470 g/mol. The van der Waals surface area contributed by atoms with Gasteiger partial charge in [0.15, 0.2) is 0 Å². The van der Waals surface area contributed by atoms with Gasteiger partial charge in [0.2, 0.25) is 21.8 Å². The Morgan fingerprint density at radius 1 is 1.12 bits per heavy atom. The Hall–Kier alpha value is -3.47. The Kier molecular flexibility index (Phi) is 6.32. The van der Waals surface area contributed by atoms with Crippen LogP contribution in [-0.4, -0.2) is 66.7 Å². The van der Waals surface area contributed by atoms with Crippen molar-refractivity contribution >= 4 is 38.3 Å². The lowest BCUT2D eigenvalue weighted by Crippen LogP contribution is -2.41. The van der Waals surface area contributed by atoms with Gasteiger partial charge in [0.25, 0.3) is 0 Å². The molecule has 174 valence electrons. The first-order chi connectivity index (χ1) is 15.7. The third-order valence-electron chi connectivity index (χ3n) is 5.59. The highest BCUT2D eigenvalue weighted by Crippen LogP contribution is 2.32. The number of pyridine rings is 1. The summed E-state index contributed by atoms with van der Waals surface area (Å²) in [5.41, 5.74) is 2.60. The second-order valence-electron chi connectivity index (χ2n) is 8.03. The van der Waals surface area contributed by atoms with E-state index in [1.165, 1.54) is 13.4 Å². The van der Waals surface area contributed by atoms with Gasteiger partial charge in [-0.2, -0.15) is 0 Å². The first-order valence-corrected chi connectivity index (χ1v) is 12.4. The highest BCUT2D eigenvalue weighted by Gasteiger charge is 2.21. The van der Waals surface area contributed by atoms with Crippen molar-refractivity contribution in [2.75, 3.05) is 36.5 Å². The van der Waals surface area contributed by atoms with Crippen LogP contribution in [-0.2, 0) is 14.8 Å². The van der Waals surface area contributed by atoms with Crippen LogP contribution in [0.3, 0.4) is 0 Å². The van der Waals surface area contributed by atoms with Gasteiger partial charge in [-0.15, -0.1) is 0 Å². The van der Waals surface area contributed by atoms with Crippen LogP contribution in [0.5, 0.6) is 5.88 Å². The molecule has 1 fully saturated rings. The second-order valence-corrected chi connectivity index (χ2v) is 9.78. The van der Waals surface area contributed by atoms with Gasteiger partial charge in [0.1, 0.15) is 17.8 Å². The minimum absolute atomic E-state index is 0.100. The number of ether oxygens (including phenoxy) is 1. The molecule has 2 aromatic heterocycles. The van der Waals surface area contributed by atoms with Crippen molar-refractivity contribution in [3.63, 3.8) is 0 Å². The predicted molar refractivity (Wildman–Crippen MR) is 127 cm³/mol. The zero-order valence-corrected chi connectivity index (χ0v) is 19.5. The molecule has 0 radical (unpaired) electrons. The fraction of sp³-hybridized carbons (Fsp3) is 0.364. The summed E-state index contributed by atoms with van der Waals surface area (Å²) in [6, 6.07) is 7.64. The third kappa shape index (κ3) is 5.30. The second kappa shape index (κ2) is 9.18. The summed E-state index contributed by atoms with van der Waals surface area (Å²) >= 11 is 0. The molecule has 1 amide bonds. The number of fused-ring (bicyclic) bond motifs is 1. The number of benzene rings is 1. The van der Waals surface area contributed by atoms with Crippen LogP contribution in [0, 0.1) is 0 Å². The number of amides is 1. The first-order valence-electron chi connectivity index (χ1n) is 10.5. The van der Waals surface area contributed by atoms with Crippen LogP contribution in [0.15, 0.2) is 36.8 Å². The third-order valence-corrected chi connectivity index (χ3v) is 6.18. The summed E-state index contributed by atoms with van der Waals surface area (Å²) in [6.45, 7) is 3.03. The zero-order valence-electron chi connectivity index (χ0n) is 18.7. The quantitative estimate of drug-likeness (QED) is 0.563. The van der Waals surface area contributed by atoms with E-state index in [1.807, 2.05) is 23.1 Å². The lowest BCUT2D eigenvalue weighted by molar-refractivity contribution is -0.129. The molecule has 1 aliphatic rings. The number of likely N-dealkylation sites (tertiary alicyclic amines) is 1. The van der Waals surface area contributed by atoms with E-state index in [9.17, 15) is 13.2 Å². The minimum atomic E-state index is -3.50. The van der Waals surface area contributed by atoms with Gasteiger partial charge in [-0.1, -0.05) is 6.07 Å². The van der Waals surface area contributed by atoms with Crippen molar-refractivity contribution in [1.82, 2.24) is 19.9 Å². The molecule has 1 saturated heterocycles. The molecule has 1 aromatic carbocycles. The molecule has 2 N–H and O–H groups in total. The summed E-state index contributed by atoms with van der Waals surface area (Å²) in [5.74, 6) is 1.01. The van der Waals surface area contributed by atoms with Crippen molar-refractivity contribution in [2.24, 2.45) is 0 Å². The predicted octanol–water partition coefficient (Wildman–Crippen LogP) is 2.49. The first kappa shape index (κ1) is 22.7. The summed E-state index contributed by atoms with van der Waals surface area (Å²) in [4.78, 5) is 26.5. The van der Waals surface area contributed by atoms with Crippen LogP contribution < -0.4 is 14.8 Å². The van der Waals surface area contributed by atoms with Gasteiger partial charge in [-0.3, -0.25) is 9.52 Å². The van der Waals surface area contributed by atoms with Gasteiger partial charge in [0.05, 0.1) is 18.9 Å². The largest absolute Gasteiger partial charge is 0.480 e. The molecule has 4 rings (SSSR count). The van der Waals surface area contributed by atoms with Crippen LogP contribution in [0.4, 0.5) is 11.5 Å². The summed E-state index contributed by atoms with van der Waals surface area (Å²) in [7, 11) is -2.07. The van der Waals surface area contributed by atoms with Gasteiger partial charge in [0, 0.05) is 43.2 Å². The fourth-order valence-corrected chi connectivity index (χ4v) is 4.47. The number of hydrogen-bond donors (Lipinski definition) is 2. The van der Waals surface area contributed by atoms with Crippen LogP contribution in [0.2, 0.25) is 0 Å². The van der Waals surface area contributed by atoms with Crippen LogP contribution >= 0.6 is 0 Å². The molecular formula is C22H26N6O4S. The van der Waals surface area contributed by atoms with Crippen molar-refractivity contribution < 1.29 is 17.9 Å². The van der Waals surface area contributed by atoms with Gasteiger partial charge in [-0.05, 0) is 36.6 Å². The Bertz CT molecular complexity index is 1290. The molecule has 11 heteroatoms. The molecule has 1 aliphatic heterocycles. The molecule has 0 saturated carbocycles. The maximum Gasteiger partial charge on any atom is 0.238 e. The number of nitrogens with zero attached hydrogens (tertiary/aromatic N) is 4. The van der Waals surface area contributed by atoms with Crippen molar-refractivity contribution in [1.29, 1.82) is 0 Å². The molecule has 10 nitrogen and oxygen atoms in total. The van der Waals surface area contributed by atoms with Gasteiger partial charge < -0.3 is 15.0 Å². The van der Waals surface area contributed by atoms with Gasteiger partial charge in [-0.25, -0.2) is 23.4 Å².